The molecule has 0 radical (unpaired) electrons. The minimum atomic E-state index is -4.49. The second-order valence-electron chi connectivity index (χ2n) is 3.12. The van der Waals surface area contributed by atoms with Crippen molar-refractivity contribution < 1.29 is 28.0 Å². The molecule has 0 fully saturated rings. The number of alkyl halides is 3. The Morgan fingerprint density at radius 1 is 1.35 bits per heavy atom. The zero-order chi connectivity index (χ0) is 13.1. The summed E-state index contributed by atoms with van der Waals surface area (Å²) in [6.45, 7) is 5.25. The van der Waals surface area contributed by atoms with Crippen LogP contribution < -0.4 is 10.2 Å². The van der Waals surface area contributed by atoms with E-state index in [-0.39, 0.29) is 16.9 Å². The first-order valence-corrected chi connectivity index (χ1v) is 4.40. The highest BCUT2D eigenvalue weighted by Crippen LogP contribution is 2.28. The first-order chi connectivity index (χ1) is 7.83. The van der Waals surface area contributed by atoms with Crippen LogP contribution in [0, 0.1) is 6.57 Å². The molecule has 0 heterocycles. The molecule has 1 rings (SSSR count). The molecule has 17 heavy (non-hydrogen) atoms. The Labute approximate surface area is 95.2 Å². The predicted octanol–water partition coefficient (Wildman–Crippen LogP) is 0.858. The highest BCUT2D eigenvalue weighted by atomic mass is 19.4. The standard InChI is InChI=1S/C9H7BF3NO3/c1-14-7-4-6(10(15)16)2-3-8(7)17-5-9(11,12)13/h2-4,15-16H,5H2. The highest BCUT2D eigenvalue weighted by Gasteiger charge is 2.29. The van der Waals surface area contributed by atoms with Gasteiger partial charge in [0.25, 0.3) is 0 Å². The molecule has 0 aliphatic rings. The van der Waals surface area contributed by atoms with Crippen LogP contribution in [0.4, 0.5) is 18.9 Å². The Morgan fingerprint density at radius 3 is 2.47 bits per heavy atom. The topological polar surface area (TPSA) is 54.0 Å². The second kappa shape index (κ2) is 5.08. The smallest absolute Gasteiger partial charge is 0.487 e. The molecular weight excluding hydrogens is 238 g/mol. The number of hydrogen-bond acceptors (Lipinski definition) is 3. The van der Waals surface area contributed by atoms with Crippen LogP contribution >= 0.6 is 0 Å². The van der Waals surface area contributed by atoms with Gasteiger partial charge >= 0.3 is 13.3 Å². The molecule has 0 aliphatic carbocycles. The van der Waals surface area contributed by atoms with Gasteiger partial charge in [-0.3, -0.25) is 0 Å². The van der Waals surface area contributed by atoms with E-state index in [0.29, 0.717) is 0 Å². The monoisotopic (exact) mass is 245 g/mol. The average Bonchev–Trinajstić information content (AvgIpc) is 2.24. The van der Waals surface area contributed by atoms with Crippen molar-refractivity contribution in [3.63, 3.8) is 0 Å². The lowest BCUT2D eigenvalue weighted by molar-refractivity contribution is -0.153. The van der Waals surface area contributed by atoms with Crippen LogP contribution in [0.3, 0.4) is 0 Å². The zero-order valence-corrected chi connectivity index (χ0v) is 8.40. The van der Waals surface area contributed by atoms with E-state index in [9.17, 15) is 13.2 Å². The molecule has 0 bridgehead atoms. The van der Waals surface area contributed by atoms with E-state index in [1.165, 1.54) is 6.07 Å². The number of rotatable bonds is 3. The van der Waals surface area contributed by atoms with Crippen LogP contribution in [0.25, 0.3) is 4.85 Å². The molecule has 1 aromatic rings. The molecule has 2 N–H and O–H groups in total. The van der Waals surface area contributed by atoms with Crippen molar-refractivity contribution in [3.05, 3.63) is 29.6 Å². The summed E-state index contributed by atoms with van der Waals surface area (Å²) in [4.78, 5) is 2.95. The summed E-state index contributed by atoms with van der Waals surface area (Å²) in [5, 5.41) is 17.7. The molecule has 0 amide bonds. The molecule has 8 heteroatoms. The van der Waals surface area contributed by atoms with Crippen molar-refractivity contribution in [1.82, 2.24) is 0 Å². The quantitative estimate of drug-likeness (QED) is 0.613. The van der Waals surface area contributed by atoms with Gasteiger partial charge in [0.2, 0.25) is 5.69 Å². The van der Waals surface area contributed by atoms with Crippen molar-refractivity contribution in [2.75, 3.05) is 6.61 Å². The van der Waals surface area contributed by atoms with Crippen LogP contribution in [-0.2, 0) is 0 Å². The molecule has 0 aliphatic heterocycles. The molecular formula is C9H7BF3NO3. The van der Waals surface area contributed by atoms with E-state index >= 15 is 0 Å². The number of hydrogen-bond donors (Lipinski definition) is 2. The summed E-state index contributed by atoms with van der Waals surface area (Å²) in [5.74, 6) is -0.248. The Morgan fingerprint density at radius 2 is 2.00 bits per heavy atom. The Balaban J connectivity index is 2.91. The van der Waals surface area contributed by atoms with Gasteiger partial charge in [-0.25, -0.2) is 4.85 Å². The summed E-state index contributed by atoms with van der Waals surface area (Å²) >= 11 is 0. The number of ether oxygens (including phenoxy) is 1. The fourth-order valence-corrected chi connectivity index (χ4v) is 1.06. The molecule has 90 valence electrons. The van der Waals surface area contributed by atoms with Crippen molar-refractivity contribution in [3.8, 4) is 5.75 Å². The SMILES string of the molecule is [C-]#[N+]c1cc(B(O)O)ccc1OCC(F)(F)F. The third kappa shape index (κ3) is 3.98. The predicted molar refractivity (Wildman–Crippen MR) is 54.1 cm³/mol. The van der Waals surface area contributed by atoms with Gasteiger partial charge in [0, 0.05) is 0 Å². The van der Waals surface area contributed by atoms with Gasteiger partial charge in [0.1, 0.15) is 5.75 Å². The van der Waals surface area contributed by atoms with Gasteiger partial charge in [-0.1, -0.05) is 12.1 Å². The number of nitrogens with zero attached hydrogens (tertiary/aromatic N) is 1. The molecule has 0 saturated heterocycles. The number of benzene rings is 1. The number of halogens is 3. The normalized spacial score (nSPS) is 10.8. The second-order valence-corrected chi connectivity index (χ2v) is 3.12. The van der Waals surface area contributed by atoms with Crippen LogP contribution in [0.5, 0.6) is 5.75 Å². The van der Waals surface area contributed by atoms with E-state index in [2.05, 4.69) is 9.58 Å². The fourth-order valence-electron chi connectivity index (χ4n) is 1.06. The maximum atomic E-state index is 11.9. The van der Waals surface area contributed by atoms with Gasteiger partial charge in [-0.05, 0) is 11.5 Å². The lowest BCUT2D eigenvalue weighted by Gasteiger charge is -2.11. The van der Waals surface area contributed by atoms with Gasteiger partial charge in [-0.2, -0.15) is 13.2 Å². The van der Waals surface area contributed by atoms with Crippen LogP contribution in [-0.4, -0.2) is 29.9 Å². The highest BCUT2D eigenvalue weighted by molar-refractivity contribution is 6.58. The van der Waals surface area contributed by atoms with Gasteiger partial charge < -0.3 is 14.8 Å². The Kier molecular flexibility index (Phi) is 3.99. The lowest BCUT2D eigenvalue weighted by Crippen LogP contribution is -2.29. The first kappa shape index (κ1) is 13.4. The van der Waals surface area contributed by atoms with Crippen molar-refractivity contribution in [1.29, 1.82) is 0 Å². The van der Waals surface area contributed by atoms with E-state index in [1.807, 2.05) is 0 Å². The van der Waals surface area contributed by atoms with Gasteiger partial charge in [0.05, 0.1) is 6.57 Å². The van der Waals surface area contributed by atoms with E-state index in [4.69, 9.17) is 16.6 Å². The van der Waals surface area contributed by atoms with E-state index in [0.717, 1.165) is 12.1 Å². The van der Waals surface area contributed by atoms with Crippen molar-refractivity contribution in [2.45, 2.75) is 6.18 Å². The Hall–Kier alpha value is -1.72. The van der Waals surface area contributed by atoms with Gasteiger partial charge in [-0.15, -0.1) is 0 Å². The average molecular weight is 245 g/mol. The van der Waals surface area contributed by atoms with Crippen LogP contribution in [0.15, 0.2) is 18.2 Å². The summed E-state index contributed by atoms with van der Waals surface area (Å²) in [5.41, 5.74) is -0.199. The maximum absolute atomic E-state index is 11.9. The van der Waals surface area contributed by atoms with Crippen molar-refractivity contribution in [2.24, 2.45) is 0 Å². The van der Waals surface area contributed by atoms with E-state index in [1.54, 1.807) is 0 Å². The summed E-state index contributed by atoms with van der Waals surface area (Å²) in [6, 6.07) is 3.32. The van der Waals surface area contributed by atoms with Crippen LogP contribution in [0.1, 0.15) is 0 Å². The maximum Gasteiger partial charge on any atom is 0.487 e. The van der Waals surface area contributed by atoms with Crippen molar-refractivity contribution >= 4 is 18.3 Å². The summed E-state index contributed by atoms with van der Waals surface area (Å²) in [7, 11) is -1.79. The minimum absolute atomic E-state index is 0.00959. The third-order valence-corrected chi connectivity index (χ3v) is 1.79. The molecule has 0 saturated carbocycles. The summed E-state index contributed by atoms with van der Waals surface area (Å²) < 4.78 is 40.1. The molecule has 4 nitrogen and oxygen atoms in total. The third-order valence-electron chi connectivity index (χ3n) is 1.79. The molecule has 0 atom stereocenters. The minimum Gasteiger partial charge on any atom is -0.495 e. The molecule has 0 unspecified atom stereocenters. The van der Waals surface area contributed by atoms with E-state index < -0.39 is 19.9 Å². The zero-order valence-electron chi connectivity index (χ0n) is 8.40. The Bertz CT molecular complexity index is 442. The molecule has 0 spiro atoms. The fraction of sp³-hybridized carbons (Fsp3) is 0.222. The largest absolute Gasteiger partial charge is 0.495 e. The lowest BCUT2D eigenvalue weighted by atomic mass is 9.80. The van der Waals surface area contributed by atoms with Crippen LogP contribution in [0.2, 0.25) is 0 Å². The molecule has 0 aromatic heterocycles. The van der Waals surface area contributed by atoms with Gasteiger partial charge in [0.15, 0.2) is 6.61 Å². The molecule has 1 aromatic carbocycles. The summed E-state index contributed by atoms with van der Waals surface area (Å²) in [6.07, 6.45) is -4.49. The first-order valence-electron chi connectivity index (χ1n) is 4.40.